The van der Waals surface area contributed by atoms with E-state index < -0.39 is 17.9 Å². The van der Waals surface area contributed by atoms with E-state index in [1.807, 2.05) is 0 Å². The Morgan fingerprint density at radius 2 is 2.04 bits per heavy atom. The Labute approximate surface area is 135 Å². The van der Waals surface area contributed by atoms with Crippen molar-refractivity contribution in [2.24, 2.45) is 0 Å². The van der Waals surface area contributed by atoms with Gasteiger partial charge in [0.05, 0.1) is 25.9 Å². The van der Waals surface area contributed by atoms with Gasteiger partial charge in [-0.25, -0.2) is 4.79 Å². The van der Waals surface area contributed by atoms with Crippen molar-refractivity contribution in [2.45, 2.75) is 31.6 Å². The lowest BCUT2D eigenvalue weighted by Gasteiger charge is -2.18. The molecule has 2 rings (SSSR count). The number of hydrogen-bond donors (Lipinski definition) is 2. The van der Waals surface area contributed by atoms with Crippen LogP contribution in [0, 0.1) is 0 Å². The molecule has 0 bridgehead atoms. The van der Waals surface area contributed by atoms with Crippen LogP contribution in [0.3, 0.4) is 0 Å². The molecule has 1 aromatic carbocycles. The predicted octanol–water partition coefficient (Wildman–Crippen LogP) is 1.08. The second-order valence-corrected chi connectivity index (χ2v) is 5.24. The highest BCUT2D eigenvalue weighted by Crippen LogP contribution is 2.15. The van der Waals surface area contributed by atoms with Crippen molar-refractivity contribution in [3.05, 3.63) is 29.8 Å². The van der Waals surface area contributed by atoms with Crippen LogP contribution in [-0.4, -0.2) is 44.5 Å². The molecule has 1 saturated heterocycles. The summed E-state index contributed by atoms with van der Waals surface area (Å²) in [5.41, 5.74) is 6.48. The average Bonchev–Trinajstić information content (AvgIpc) is 3.06. The van der Waals surface area contributed by atoms with E-state index in [9.17, 15) is 9.59 Å². The summed E-state index contributed by atoms with van der Waals surface area (Å²) >= 11 is 0. The van der Waals surface area contributed by atoms with E-state index in [0.717, 1.165) is 0 Å². The number of rotatable bonds is 7. The summed E-state index contributed by atoms with van der Waals surface area (Å²) in [4.78, 5) is 24.1. The standard InChI is InChI=1S/C16H22N2O5/c1-21-16(20)13(7-4-8-14-22-9-10-23-14)18-15(19)11-5-2-3-6-12(11)17/h2-3,5-6,13-14H,4,7-10,17H2,1H3,(H,18,19)/t13-/m0/s1. The molecule has 1 aliphatic heterocycles. The Morgan fingerprint density at radius 3 is 2.70 bits per heavy atom. The maximum atomic E-state index is 12.3. The summed E-state index contributed by atoms with van der Waals surface area (Å²) in [5, 5.41) is 2.68. The van der Waals surface area contributed by atoms with Gasteiger partial charge in [-0.2, -0.15) is 0 Å². The van der Waals surface area contributed by atoms with Crippen LogP contribution >= 0.6 is 0 Å². The fourth-order valence-corrected chi connectivity index (χ4v) is 2.39. The maximum absolute atomic E-state index is 12.3. The molecule has 1 amide bonds. The lowest BCUT2D eigenvalue weighted by molar-refractivity contribution is -0.143. The average molecular weight is 322 g/mol. The molecule has 126 valence electrons. The third-order valence-corrected chi connectivity index (χ3v) is 3.62. The second-order valence-electron chi connectivity index (χ2n) is 5.24. The number of nitrogens with one attached hydrogen (secondary N) is 1. The number of ether oxygens (including phenoxy) is 3. The smallest absolute Gasteiger partial charge is 0.328 e. The first kappa shape index (κ1) is 17.2. The lowest BCUT2D eigenvalue weighted by atomic mass is 10.1. The van der Waals surface area contributed by atoms with Gasteiger partial charge in [0.1, 0.15) is 6.04 Å². The largest absolute Gasteiger partial charge is 0.467 e. The summed E-state index contributed by atoms with van der Waals surface area (Å²) in [6, 6.07) is 5.97. The van der Waals surface area contributed by atoms with Crippen molar-refractivity contribution < 1.29 is 23.8 Å². The molecule has 3 N–H and O–H groups in total. The molecule has 1 fully saturated rings. The molecule has 1 heterocycles. The molecule has 0 aliphatic carbocycles. The molecular weight excluding hydrogens is 300 g/mol. The first-order valence-corrected chi connectivity index (χ1v) is 7.58. The van der Waals surface area contributed by atoms with Crippen LogP contribution in [0.1, 0.15) is 29.6 Å². The molecular formula is C16H22N2O5. The Balaban J connectivity index is 1.91. The van der Waals surface area contributed by atoms with Gasteiger partial charge in [0.2, 0.25) is 0 Å². The third-order valence-electron chi connectivity index (χ3n) is 3.62. The molecule has 0 unspecified atom stereocenters. The van der Waals surface area contributed by atoms with Gasteiger partial charge in [-0.1, -0.05) is 12.1 Å². The van der Waals surface area contributed by atoms with E-state index >= 15 is 0 Å². The first-order valence-electron chi connectivity index (χ1n) is 7.58. The van der Waals surface area contributed by atoms with Gasteiger partial charge in [0.25, 0.3) is 5.91 Å². The minimum atomic E-state index is -0.728. The van der Waals surface area contributed by atoms with Gasteiger partial charge in [-0.05, 0) is 31.4 Å². The molecule has 7 heteroatoms. The number of nitrogens with two attached hydrogens (primary N) is 1. The lowest BCUT2D eigenvalue weighted by Crippen LogP contribution is -2.41. The Kier molecular flexibility index (Phi) is 6.37. The zero-order valence-electron chi connectivity index (χ0n) is 13.1. The quantitative estimate of drug-likeness (QED) is 0.576. The van der Waals surface area contributed by atoms with Crippen molar-refractivity contribution in [1.29, 1.82) is 0 Å². The zero-order chi connectivity index (χ0) is 16.7. The number of nitrogen functional groups attached to an aromatic ring is 1. The fourth-order valence-electron chi connectivity index (χ4n) is 2.39. The van der Waals surface area contributed by atoms with Gasteiger partial charge < -0.3 is 25.3 Å². The van der Waals surface area contributed by atoms with Crippen LogP contribution in [0.15, 0.2) is 24.3 Å². The number of esters is 1. The number of para-hydroxylation sites is 1. The van der Waals surface area contributed by atoms with Crippen molar-refractivity contribution in [2.75, 3.05) is 26.1 Å². The zero-order valence-corrected chi connectivity index (χ0v) is 13.1. The van der Waals surface area contributed by atoms with E-state index in [-0.39, 0.29) is 6.29 Å². The topological polar surface area (TPSA) is 99.9 Å². The van der Waals surface area contributed by atoms with E-state index in [4.69, 9.17) is 19.9 Å². The van der Waals surface area contributed by atoms with E-state index in [1.165, 1.54) is 7.11 Å². The minimum Gasteiger partial charge on any atom is -0.467 e. The van der Waals surface area contributed by atoms with Crippen molar-refractivity contribution in [3.63, 3.8) is 0 Å². The Hall–Kier alpha value is -2.12. The van der Waals surface area contributed by atoms with Crippen molar-refractivity contribution in [1.82, 2.24) is 5.32 Å². The molecule has 0 saturated carbocycles. The Bertz CT molecular complexity index is 543. The molecule has 0 aromatic heterocycles. The van der Waals surface area contributed by atoms with Gasteiger partial charge >= 0.3 is 5.97 Å². The second kappa shape index (κ2) is 8.50. The number of carbonyl (C=O) groups is 2. The highest BCUT2D eigenvalue weighted by atomic mass is 16.7. The number of methoxy groups -OCH3 is 1. The summed E-state index contributed by atoms with van der Waals surface area (Å²) < 4.78 is 15.4. The molecule has 7 nitrogen and oxygen atoms in total. The van der Waals surface area contributed by atoms with Crippen molar-refractivity contribution in [3.8, 4) is 0 Å². The molecule has 1 aromatic rings. The van der Waals surface area contributed by atoms with E-state index in [0.29, 0.717) is 43.7 Å². The number of amides is 1. The van der Waals surface area contributed by atoms with Crippen LogP contribution < -0.4 is 11.1 Å². The van der Waals surface area contributed by atoms with Crippen LogP contribution in [0.2, 0.25) is 0 Å². The van der Waals surface area contributed by atoms with Gasteiger partial charge in [-0.15, -0.1) is 0 Å². The predicted molar refractivity (Wildman–Crippen MR) is 83.7 cm³/mol. The highest BCUT2D eigenvalue weighted by molar-refractivity contribution is 6.00. The fraction of sp³-hybridized carbons (Fsp3) is 0.500. The first-order chi connectivity index (χ1) is 11.1. The number of benzene rings is 1. The van der Waals surface area contributed by atoms with Crippen LogP contribution in [0.5, 0.6) is 0 Å². The van der Waals surface area contributed by atoms with Gasteiger partial charge in [0.15, 0.2) is 6.29 Å². The summed E-state index contributed by atoms with van der Waals surface area (Å²) in [5.74, 6) is -0.882. The van der Waals surface area contributed by atoms with Crippen molar-refractivity contribution >= 4 is 17.6 Å². The highest BCUT2D eigenvalue weighted by Gasteiger charge is 2.24. The molecule has 1 aliphatic rings. The van der Waals surface area contributed by atoms with E-state index in [2.05, 4.69) is 5.32 Å². The van der Waals surface area contributed by atoms with E-state index in [1.54, 1.807) is 24.3 Å². The number of carbonyl (C=O) groups excluding carboxylic acids is 2. The molecule has 23 heavy (non-hydrogen) atoms. The Morgan fingerprint density at radius 1 is 1.35 bits per heavy atom. The molecule has 1 atom stereocenters. The van der Waals surface area contributed by atoms with Gasteiger partial charge in [0, 0.05) is 5.69 Å². The van der Waals surface area contributed by atoms with Gasteiger partial charge in [-0.3, -0.25) is 4.79 Å². The molecule has 0 spiro atoms. The van der Waals surface area contributed by atoms with Crippen LogP contribution in [0.25, 0.3) is 0 Å². The van der Waals surface area contributed by atoms with Crippen LogP contribution in [0.4, 0.5) is 5.69 Å². The third kappa shape index (κ3) is 4.94. The summed E-state index contributed by atoms with van der Waals surface area (Å²) in [6.45, 7) is 1.18. The van der Waals surface area contributed by atoms with Crippen LogP contribution in [-0.2, 0) is 19.0 Å². The maximum Gasteiger partial charge on any atom is 0.328 e. The minimum absolute atomic E-state index is 0.228. The molecule has 0 radical (unpaired) electrons. The SMILES string of the molecule is COC(=O)[C@H](CCCC1OCCO1)NC(=O)c1ccccc1N. The normalized spacial score (nSPS) is 16.0. The summed E-state index contributed by atoms with van der Waals surface area (Å²) in [7, 11) is 1.29. The monoisotopic (exact) mass is 322 g/mol. The number of hydrogen-bond acceptors (Lipinski definition) is 6. The number of anilines is 1. The summed E-state index contributed by atoms with van der Waals surface area (Å²) in [6.07, 6.45) is 1.54.